The number of hydrogen-bond acceptors (Lipinski definition) is 4. The Morgan fingerprint density at radius 2 is 2.24 bits per heavy atom. The van der Waals surface area contributed by atoms with E-state index in [1.807, 2.05) is 23.6 Å². The molecule has 0 saturated carbocycles. The molecule has 0 spiro atoms. The number of amides is 1. The molecule has 2 aromatic rings. The van der Waals surface area contributed by atoms with E-state index >= 15 is 0 Å². The lowest BCUT2D eigenvalue weighted by Crippen LogP contribution is -2.29. The summed E-state index contributed by atoms with van der Waals surface area (Å²) >= 11 is 9.18. The molecule has 0 saturated heterocycles. The van der Waals surface area contributed by atoms with Crippen LogP contribution < -0.4 is 10.1 Å². The van der Waals surface area contributed by atoms with E-state index in [0.717, 1.165) is 5.75 Å². The number of thiophene rings is 1. The van der Waals surface area contributed by atoms with Gasteiger partial charge in [-0.2, -0.15) is 0 Å². The van der Waals surface area contributed by atoms with Crippen molar-refractivity contribution in [1.29, 1.82) is 0 Å². The molecule has 1 aromatic carbocycles. The highest BCUT2D eigenvalue weighted by Crippen LogP contribution is 2.17. The lowest BCUT2D eigenvalue weighted by Gasteiger charge is -2.07. The Labute approximate surface area is 137 Å². The van der Waals surface area contributed by atoms with Crippen molar-refractivity contribution < 1.29 is 9.53 Å². The minimum Gasteiger partial charge on any atom is -0.492 e. The quantitative estimate of drug-likeness (QED) is 0.741. The van der Waals surface area contributed by atoms with Crippen molar-refractivity contribution in [1.82, 2.24) is 5.32 Å². The Morgan fingerprint density at radius 3 is 3.00 bits per heavy atom. The van der Waals surface area contributed by atoms with Crippen LogP contribution in [-0.4, -0.2) is 24.8 Å². The molecule has 112 valence electrons. The van der Waals surface area contributed by atoms with Crippen LogP contribution in [0.25, 0.3) is 0 Å². The van der Waals surface area contributed by atoms with Crippen LogP contribution in [0.5, 0.6) is 5.75 Å². The smallest absolute Gasteiger partial charge is 0.230 e. The second-order valence-electron chi connectivity index (χ2n) is 4.23. The Balaban J connectivity index is 1.55. The summed E-state index contributed by atoms with van der Waals surface area (Å²) in [7, 11) is 0. The Hall–Kier alpha value is -1.17. The van der Waals surface area contributed by atoms with Crippen molar-refractivity contribution in [2.24, 2.45) is 0 Å². The zero-order chi connectivity index (χ0) is 14.9. The van der Waals surface area contributed by atoms with E-state index in [9.17, 15) is 4.79 Å². The number of hydrogen-bond donors (Lipinski definition) is 1. The molecule has 2 rings (SSSR count). The highest BCUT2D eigenvalue weighted by atomic mass is 35.5. The van der Waals surface area contributed by atoms with E-state index in [1.54, 1.807) is 35.2 Å². The minimum absolute atomic E-state index is 0.0336. The minimum atomic E-state index is 0.0336. The first kappa shape index (κ1) is 16.2. The third-order valence-electron chi connectivity index (χ3n) is 2.55. The second-order valence-corrected chi connectivity index (χ2v) is 6.68. The molecule has 1 heterocycles. The monoisotopic (exact) mass is 341 g/mol. The predicted molar refractivity (Wildman–Crippen MR) is 90.4 cm³/mol. The number of benzene rings is 1. The molecule has 6 heteroatoms. The van der Waals surface area contributed by atoms with Crippen molar-refractivity contribution in [3.63, 3.8) is 0 Å². The van der Waals surface area contributed by atoms with Gasteiger partial charge in [-0.25, -0.2) is 0 Å². The Kier molecular flexibility index (Phi) is 6.92. The van der Waals surface area contributed by atoms with Crippen LogP contribution in [0.15, 0.2) is 41.8 Å². The van der Waals surface area contributed by atoms with E-state index in [4.69, 9.17) is 16.3 Å². The molecule has 0 aliphatic rings. The number of carbonyl (C=O) groups excluding carboxylic acids is 1. The maximum atomic E-state index is 11.6. The molecule has 0 aliphatic heterocycles. The Morgan fingerprint density at radius 1 is 1.33 bits per heavy atom. The average Bonchev–Trinajstić information content (AvgIpc) is 2.97. The lowest BCUT2D eigenvalue weighted by atomic mass is 10.3. The van der Waals surface area contributed by atoms with Crippen LogP contribution in [0.4, 0.5) is 0 Å². The third kappa shape index (κ3) is 6.42. The highest BCUT2D eigenvalue weighted by molar-refractivity contribution is 7.99. The number of nitrogens with one attached hydrogen (secondary N) is 1. The van der Waals surface area contributed by atoms with Crippen molar-refractivity contribution in [2.75, 3.05) is 18.9 Å². The maximum absolute atomic E-state index is 11.6. The van der Waals surface area contributed by atoms with Crippen molar-refractivity contribution in [3.05, 3.63) is 51.7 Å². The molecule has 0 fully saturated rings. The largest absolute Gasteiger partial charge is 0.492 e. The van der Waals surface area contributed by atoms with Gasteiger partial charge in [-0.3, -0.25) is 4.79 Å². The summed E-state index contributed by atoms with van der Waals surface area (Å²) in [5.74, 6) is 2.09. The summed E-state index contributed by atoms with van der Waals surface area (Å²) < 4.78 is 5.50. The van der Waals surface area contributed by atoms with Gasteiger partial charge in [-0.15, -0.1) is 23.1 Å². The van der Waals surface area contributed by atoms with Crippen LogP contribution in [0.1, 0.15) is 4.88 Å². The van der Waals surface area contributed by atoms with Gasteiger partial charge >= 0.3 is 0 Å². The lowest BCUT2D eigenvalue weighted by molar-refractivity contribution is -0.118. The van der Waals surface area contributed by atoms with Crippen LogP contribution in [-0.2, 0) is 10.5 Å². The van der Waals surface area contributed by atoms with Gasteiger partial charge in [0.25, 0.3) is 0 Å². The molecule has 0 unspecified atom stereocenters. The van der Waals surface area contributed by atoms with E-state index in [1.165, 1.54) is 4.88 Å². The number of halogens is 1. The first-order chi connectivity index (χ1) is 10.2. The molecular weight excluding hydrogens is 326 g/mol. The number of thioether (sulfide) groups is 1. The molecule has 21 heavy (non-hydrogen) atoms. The van der Waals surface area contributed by atoms with Gasteiger partial charge in [0.05, 0.1) is 12.3 Å². The molecule has 0 radical (unpaired) electrons. The molecule has 0 aliphatic carbocycles. The first-order valence-corrected chi connectivity index (χ1v) is 8.90. The van der Waals surface area contributed by atoms with Gasteiger partial charge in [0.2, 0.25) is 5.91 Å². The standard InChI is InChI=1S/C15H16ClNO2S2/c16-12-3-1-4-13(9-12)19-7-6-17-15(18)11-20-10-14-5-2-8-21-14/h1-5,8-9H,6-7,10-11H2,(H,17,18). The molecule has 1 amide bonds. The summed E-state index contributed by atoms with van der Waals surface area (Å²) in [4.78, 5) is 12.9. The molecule has 1 aromatic heterocycles. The summed E-state index contributed by atoms with van der Waals surface area (Å²) in [5.41, 5.74) is 0. The van der Waals surface area contributed by atoms with E-state index < -0.39 is 0 Å². The van der Waals surface area contributed by atoms with Gasteiger partial charge in [-0.1, -0.05) is 23.7 Å². The summed E-state index contributed by atoms with van der Waals surface area (Å²) in [6.45, 7) is 0.923. The van der Waals surface area contributed by atoms with E-state index in [-0.39, 0.29) is 5.91 Å². The molecule has 1 N–H and O–H groups in total. The third-order valence-corrected chi connectivity index (χ3v) is 4.82. The van der Waals surface area contributed by atoms with Gasteiger partial charge < -0.3 is 10.1 Å². The number of rotatable bonds is 8. The number of ether oxygens (including phenoxy) is 1. The van der Waals surface area contributed by atoms with Crippen molar-refractivity contribution >= 4 is 40.6 Å². The maximum Gasteiger partial charge on any atom is 0.230 e. The molecule has 3 nitrogen and oxygen atoms in total. The van der Waals surface area contributed by atoms with Gasteiger partial charge in [-0.05, 0) is 29.6 Å². The predicted octanol–water partition coefficient (Wildman–Crippen LogP) is 3.83. The molecule has 0 atom stereocenters. The second kappa shape index (κ2) is 8.97. The number of carbonyl (C=O) groups is 1. The van der Waals surface area contributed by atoms with Gasteiger partial charge in [0.15, 0.2) is 0 Å². The first-order valence-electron chi connectivity index (χ1n) is 6.49. The van der Waals surface area contributed by atoms with Crippen molar-refractivity contribution in [3.8, 4) is 5.75 Å². The summed E-state index contributed by atoms with van der Waals surface area (Å²) in [6, 6.07) is 11.3. The average molecular weight is 342 g/mol. The zero-order valence-electron chi connectivity index (χ0n) is 11.4. The fourth-order valence-corrected chi connectivity index (χ4v) is 3.48. The summed E-state index contributed by atoms with van der Waals surface area (Å²) in [5, 5.41) is 5.52. The van der Waals surface area contributed by atoms with Crippen molar-refractivity contribution in [2.45, 2.75) is 5.75 Å². The van der Waals surface area contributed by atoms with E-state index in [0.29, 0.717) is 29.7 Å². The SMILES string of the molecule is O=C(CSCc1cccs1)NCCOc1cccc(Cl)c1. The van der Waals surface area contributed by atoms with E-state index in [2.05, 4.69) is 11.4 Å². The fourth-order valence-electron chi connectivity index (χ4n) is 1.61. The normalized spacial score (nSPS) is 10.3. The Bertz CT molecular complexity index is 561. The molecule has 0 bridgehead atoms. The van der Waals surface area contributed by atoms with Crippen LogP contribution in [0.3, 0.4) is 0 Å². The van der Waals surface area contributed by atoms with Gasteiger partial charge in [0.1, 0.15) is 12.4 Å². The fraction of sp³-hybridized carbons (Fsp3) is 0.267. The summed E-state index contributed by atoms with van der Waals surface area (Å²) in [6.07, 6.45) is 0. The van der Waals surface area contributed by atoms with Gasteiger partial charge in [0, 0.05) is 15.7 Å². The highest BCUT2D eigenvalue weighted by Gasteiger charge is 2.02. The van der Waals surface area contributed by atoms with Crippen LogP contribution >= 0.6 is 34.7 Å². The van der Waals surface area contributed by atoms with Crippen LogP contribution in [0, 0.1) is 0 Å². The molecular formula is C15H16ClNO2S2. The van der Waals surface area contributed by atoms with Crippen LogP contribution in [0.2, 0.25) is 5.02 Å². The zero-order valence-corrected chi connectivity index (χ0v) is 13.8. The topological polar surface area (TPSA) is 38.3 Å².